The van der Waals surface area contributed by atoms with E-state index in [9.17, 15) is 4.79 Å². The Morgan fingerprint density at radius 1 is 1.33 bits per heavy atom. The monoisotopic (exact) mass is 247 g/mol. The zero-order chi connectivity index (χ0) is 13.1. The molecule has 0 spiro atoms. The van der Waals surface area contributed by atoms with Crippen LogP contribution in [0.3, 0.4) is 0 Å². The summed E-state index contributed by atoms with van der Waals surface area (Å²) in [4.78, 5) is 16.0. The first-order valence-electron chi connectivity index (χ1n) is 6.52. The van der Waals surface area contributed by atoms with Gasteiger partial charge in [-0.3, -0.25) is 4.79 Å². The number of amides is 1. The minimum Gasteiger partial charge on any atom is -0.373 e. The predicted octanol–water partition coefficient (Wildman–Crippen LogP) is 1.38. The number of carbonyl (C=O) groups is 1. The Kier molecular flexibility index (Phi) is 3.87. The number of benzene rings is 1. The highest BCUT2D eigenvalue weighted by Gasteiger charge is 2.22. The Labute approximate surface area is 108 Å². The average molecular weight is 247 g/mol. The van der Waals surface area contributed by atoms with Crippen molar-refractivity contribution in [2.24, 2.45) is 5.73 Å². The van der Waals surface area contributed by atoms with Crippen LogP contribution in [0.4, 0.5) is 11.4 Å². The standard InChI is InChI=1S/C14H21N3O/c1-3-11-5-6-12-13(9-11)16(2)7-4-8-17(12)14(18)10-15/h5-6,9H,3-4,7-8,10,15H2,1-2H3. The summed E-state index contributed by atoms with van der Waals surface area (Å²) >= 11 is 0. The topological polar surface area (TPSA) is 49.6 Å². The number of anilines is 2. The first-order chi connectivity index (χ1) is 8.67. The summed E-state index contributed by atoms with van der Waals surface area (Å²) in [6, 6.07) is 6.32. The molecule has 98 valence electrons. The molecule has 18 heavy (non-hydrogen) atoms. The molecule has 4 nitrogen and oxygen atoms in total. The lowest BCUT2D eigenvalue weighted by molar-refractivity contribution is -0.117. The summed E-state index contributed by atoms with van der Waals surface area (Å²) in [6.07, 6.45) is 1.98. The first-order valence-corrected chi connectivity index (χ1v) is 6.52. The molecule has 1 heterocycles. The highest BCUT2D eigenvalue weighted by Crippen LogP contribution is 2.32. The van der Waals surface area contributed by atoms with Gasteiger partial charge in [-0.25, -0.2) is 0 Å². The van der Waals surface area contributed by atoms with Crippen LogP contribution in [0.1, 0.15) is 18.9 Å². The van der Waals surface area contributed by atoms with Gasteiger partial charge in [0.1, 0.15) is 0 Å². The molecule has 1 aromatic rings. The lowest BCUT2D eigenvalue weighted by Crippen LogP contribution is -2.36. The van der Waals surface area contributed by atoms with Gasteiger partial charge in [-0.1, -0.05) is 13.0 Å². The second-order valence-electron chi connectivity index (χ2n) is 4.70. The average Bonchev–Trinajstić information content (AvgIpc) is 2.57. The lowest BCUT2D eigenvalue weighted by atomic mass is 10.1. The van der Waals surface area contributed by atoms with Crippen LogP contribution in [0.15, 0.2) is 18.2 Å². The van der Waals surface area contributed by atoms with Crippen LogP contribution >= 0.6 is 0 Å². The lowest BCUT2D eigenvalue weighted by Gasteiger charge is -2.24. The zero-order valence-electron chi connectivity index (χ0n) is 11.1. The van der Waals surface area contributed by atoms with Crippen molar-refractivity contribution in [1.82, 2.24) is 0 Å². The number of carbonyl (C=O) groups excluding carboxylic acids is 1. The molecule has 4 heteroatoms. The highest BCUT2D eigenvalue weighted by atomic mass is 16.2. The van der Waals surface area contributed by atoms with E-state index in [0.717, 1.165) is 37.3 Å². The van der Waals surface area contributed by atoms with Crippen molar-refractivity contribution < 1.29 is 4.79 Å². The van der Waals surface area contributed by atoms with Crippen molar-refractivity contribution in [3.8, 4) is 0 Å². The van der Waals surface area contributed by atoms with Crippen LogP contribution in [0.2, 0.25) is 0 Å². The summed E-state index contributed by atoms with van der Waals surface area (Å²) in [5.74, 6) is -0.00389. The predicted molar refractivity (Wildman–Crippen MR) is 75.1 cm³/mol. The Morgan fingerprint density at radius 2 is 2.11 bits per heavy atom. The van der Waals surface area contributed by atoms with Crippen LogP contribution in [0.5, 0.6) is 0 Å². The van der Waals surface area contributed by atoms with Gasteiger partial charge in [0.05, 0.1) is 17.9 Å². The van der Waals surface area contributed by atoms with Crippen molar-refractivity contribution in [1.29, 1.82) is 0 Å². The molecular weight excluding hydrogens is 226 g/mol. The summed E-state index contributed by atoms with van der Waals surface area (Å²) in [6.45, 7) is 3.92. The Morgan fingerprint density at radius 3 is 2.78 bits per heavy atom. The van der Waals surface area contributed by atoms with Crippen molar-refractivity contribution in [2.75, 3.05) is 36.5 Å². The fraction of sp³-hybridized carbons (Fsp3) is 0.500. The summed E-state index contributed by atoms with van der Waals surface area (Å²) in [5, 5.41) is 0. The third-order valence-electron chi connectivity index (χ3n) is 3.50. The van der Waals surface area contributed by atoms with E-state index in [1.807, 2.05) is 11.0 Å². The minimum absolute atomic E-state index is 0.00389. The molecule has 1 amide bonds. The molecule has 1 aliphatic heterocycles. The van der Waals surface area contributed by atoms with Gasteiger partial charge in [0.25, 0.3) is 0 Å². The molecule has 2 rings (SSSR count). The maximum atomic E-state index is 11.9. The molecule has 0 fully saturated rings. The highest BCUT2D eigenvalue weighted by molar-refractivity contribution is 5.98. The van der Waals surface area contributed by atoms with Gasteiger partial charge in [0.2, 0.25) is 5.91 Å². The Bertz CT molecular complexity index is 445. The zero-order valence-corrected chi connectivity index (χ0v) is 11.1. The molecule has 0 saturated carbocycles. The van der Waals surface area contributed by atoms with E-state index < -0.39 is 0 Å². The van der Waals surface area contributed by atoms with Crippen molar-refractivity contribution in [2.45, 2.75) is 19.8 Å². The van der Waals surface area contributed by atoms with Gasteiger partial charge in [0, 0.05) is 20.1 Å². The van der Waals surface area contributed by atoms with Gasteiger partial charge >= 0.3 is 0 Å². The van der Waals surface area contributed by atoms with E-state index in [1.54, 1.807) is 0 Å². The number of fused-ring (bicyclic) bond motifs is 1. The second-order valence-corrected chi connectivity index (χ2v) is 4.70. The van der Waals surface area contributed by atoms with Crippen LogP contribution in [-0.4, -0.2) is 32.6 Å². The van der Waals surface area contributed by atoms with E-state index in [4.69, 9.17) is 5.73 Å². The molecule has 0 aliphatic carbocycles. The molecule has 1 aromatic carbocycles. The number of aryl methyl sites for hydroxylation is 1. The van der Waals surface area contributed by atoms with Crippen LogP contribution in [0, 0.1) is 0 Å². The molecule has 1 aliphatic rings. The molecular formula is C14H21N3O. The molecule has 2 N–H and O–H groups in total. The van der Waals surface area contributed by atoms with Gasteiger partial charge in [-0.2, -0.15) is 0 Å². The van der Waals surface area contributed by atoms with Gasteiger partial charge in [-0.05, 0) is 30.5 Å². The fourth-order valence-corrected chi connectivity index (χ4v) is 2.40. The van der Waals surface area contributed by atoms with Crippen LogP contribution < -0.4 is 15.5 Å². The number of nitrogens with two attached hydrogens (primary N) is 1. The van der Waals surface area contributed by atoms with Gasteiger partial charge < -0.3 is 15.5 Å². The Hall–Kier alpha value is -1.55. The van der Waals surface area contributed by atoms with E-state index in [-0.39, 0.29) is 12.5 Å². The minimum atomic E-state index is -0.00389. The molecule has 0 aromatic heterocycles. The smallest absolute Gasteiger partial charge is 0.240 e. The van der Waals surface area contributed by atoms with Crippen LogP contribution in [-0.2, 0) is 11.2 Å². The molecule has 0 unspecified atom stereocenters. The first kappa shape index (κ1) is 12.9. The molecule has 0 saturated heterocycles. The summed E-state index contributed by atoms with van der Waals surface area (Å²) < 4.78 is 0. The van der Waals surface area contributed by atoms with Crippen LogP contribution in [0.25, 0.3) is 0 Å². The van der Waals surface area contributed by atoms with Gasteiger partial charge in [-0.15, -0.1) is 0 Å². The molecule has 0 bridgehead atoms. The summed E-state index contributed by atoms with van der Waals surface area (Å²) in [5.41, 5.74) is 8.91. The van der Waals surface area contributed by atoms with Gasteiger partial charge in [0.15, 0.2) is 0 Å². The normalized spacial score (nSPS) is 15.3. The maximum absolute atomic E-state index is 11.9. The van der Waals surface area contributed by atoms with Crippen molar-refractivity contribution in [3.63, 3.8) is 0 Å². The fourth-order valence-electron chi connectivity index (χ4n) is 2.40. The number of hydrogen-bond donors (Lipinski definition) is 1. The summed E-state index contributed by atoms with van der Waals surface area (Å²) in [7, 11) is 2.08. The third-order valence-corrected chi connectivity index (χ3v) is 3.50. The number of hydrogen-bond acceptors (Lipinski definition) is 3. The van der Waals surface area contributed by atoms with E-state index in [0.29, 0.717) is 0 Å². The maximum Gasteiger partial charge on any atom is 0.240 e. The third kappa shape index (κ3) is 2.34. The molecule has 0 radical (unpaired) electrons. The van der Waals surface area contributed by atoms with Crippen molar-refractivity contribution in [3.05, 3.63) is 23.8 Å². The Balaban J connectivity index is 2.46. The SMILES string of the molecule is CCc1ccc2c(c1)N(C)CCCN2C(=O)CN. The van der Waals surface area contributed by atoms with E-state index in [2.05, 4.69) is 31.0 Å². The van der Waals surface area contributed by atoms with Crippen molar-refractivity contribution >= 4 is 17.3 Å². The van der Waals surface area contributed by atoms with E-state index in [1.165, 1.54) is 5.56 Å². The molecule has 0 atom stereocenters. The number of rotatable bonds is 2. The largest absolute Gasteiger partial charge is 0.373 e. The number of nitrogens with zero attached hydrogens (tertiary/aromatic N) is 2. The quantitative estimate of drug-likeness (QED) is 0.859. The second kappa shape index (κ2) is 5.40. The van der Waals surface area contributed by atoms with E-state index >= 15 is 0 Å².